The predicted molar refractivity (Wildman–Crippen MR) is 65.5 cm³/mol. The summed E-state index contributed by atoms with van der Waals surface area (Å²) in [5, 5.41) is 0. The van der Waals surface area contributed by atoms with Gasteiger partial charge in [0.1, 0.15) is 0 Å². The van der Waals surface area contributed by atoms with Crippen molar-refractivity contribution >= 4 is 0 Å². The van der Waals surface area contributed by atoms with Crippen LogP contribution in [0.15, 0.2) is 0 Å². The average Bonchev–Trinajstić information content (AvgIpc) is 2.58. The lowest BCUT2D eigenvalue weighted by molar-refractivity contribution is -0.209. The molecule has 2 heteroatoms. The molecule has 0 aromatic heterocycles. The topological polar surface area (TPSA) is 18.5 Å². The van der Waals surface area contributed by atoms with Gasteiger partial charge in [-0.15, -0.1) is 0 Å². The first kappa shape index (κ1) is 10.8. The molecule has 0 aromatic rings. The second kappa shape index (κ2) is 3.48. The second-order valence-electron chi connectivity index (χ2n) is 7.29. The summed E-state index contributed by atoms with van der Waals surface area (Å²) in [4.78, 5) is 0. The van der Waals surface area contributed by atoms with E-state index in [-0.39, 0.29) is 18.5 Å². The zero-order valence-corrected chi connectivity index (χ0v) is 11.0. The van der Waals surface area contributed by atoms with Crippen LogP contribution in [0.3, 0.4) is 0 Å². The predicted octanol–water partition coefficient (Wildman–Crippen LogP) is 3.35. The molecule has 17 heavy (non-hydrogen) atoms. The summed E-state index contributed by atoms with van der Waals surface area (Å²) >= 11 is 0. The molecule has 0 N–H and O–H groups in total. The molecular formula is C15H24O2. The van der Waals surface area contributed by atoms with Crippen LogP contribution in [0, 0.1) is 23.2 Å². The van der Waals surface area contributed by atoms with Gasteiger partial charge in [-0.2, -0.15) is 0 Å². The molecule has 5 fully saturated rings. The van der Waals surface area contributed by atoms with E-state index in [1.54, 1.807) is 0 Å². The number of ether oxygens (including phenoxy) is 2. The number of hydrogen-bond donors (Lipinski definition) is 0. The van der Waals surface area contributed by atoms with E-state index in [0.29, 0.717) is 5.41 Å². The van der Waals surface area contributed by atoms with E-state index in [4.69, 9.17) is 9.47 Å². The molecule has 4 aliphatic carbocycles. The Labute approximate surface area is 104 Å². The van der Waals surface area contributed by atoms with Gasteiger partial charge in [-0.05, 0) is 70.1 Å². The first-order valence-electron chi connectivity index (χ1n) is 7.45. The van der Waals surface area contributed by atoms with Crippen molar-refractivity contribution in [2.75, 3.05) is 0 Å². The quantitative estimate of drug-likeness (QED) is 0.695. The highest BCUT2D eigenvalue weighted by atomic mass is 16.7. The minimum absolute atomic E-state index is 0.112. The van der Waals surface area contributed by atoms with Crippen molar-refractivity contribution in [1.29, 1.82) is 0 Å². The summed E-state index contributed by atoms with van der Waals surface area (Å²) in [6.45, 7) is 4.32. The lowest BCUT2D eigenvalue weighted by Crippen LogP contribution is -2.52. The fraction of sp³-hybridized carbons (Fsp3) is 1.00. The molecule has 1 heterocycles. The maximum Gasteiger partial charge on any atom is 0.164 e. The fourth-order valence-electron chi connectivity index (χ4n) is 5.40. The van der Waals surface area contributed by atoms with Crippen LogP contribution in [0.5, 0.6) is 0 Å². The minimum Gasteiger partial charge on any atom is -0.346 e. The van der Waals surface area contributed by atoms with Crippen LogP contribution in [-0.4, -0.2) is 18.5 Å². The van der Waals surface area contributed by atoms with E-state index in [2.05, 4.69) is 13.8 Å². The summed E-state index contributed by atoms with van der Waals surface area (Å²) in [7, 11) is 0. The van der Waals surface area contributed by atoms with E-state index in [0.717, 1.165) is 17.8 Å². The first-order valence-corrected chi connectivity index (χ1v) is 7.45. The van der Waals surface area contributed by atoms with Crippen molar-refractivity contribution in [3.63, 3.8) is 0 Å². The Balaban J connectivity index is 1.60. The maximum atomic E-state index is 6.14. The lowest BCUT2D eigenvalue weighted by Gasteiger charge is -2.58. The highest BCUT2D eigenvalue weighted by Crippen LogP contribution is 2.62. The van der Waals surface area contributed by atoms with Crippen molar-refractivity contribution in [2.24, 2.45) is 23.2 Å². The van der Waals surface area contributed by atoms with Crippen molar-refractivity contribution in [2.45, 2.75) is 70.9 Å². The molecule has 2 atom stereocenters. The van der Waals surface area contributed by atoms with Gasteiger partial charge in [-0.25, -0.2) is 0 Å². The highest BCUT2D eigenvalue weighted by molar-refractivity contribution is 5.04. The van der Waals surface area contributed by atoms with Crippen LogP contribution in [0.4, 0.5) is 0 Å². The van der Waals surface area contributed by atoms with Crippen LogP contribution in [0.1, 0.15) is 52.4 Å². The van der Waals surface area contributed by atoms with Gasteiger partial charge in [-0.3, -0.25) is 0 Å². The maximum absolute atomic E-state index is 6.14. The van der Waals surface area contributed by atoms with E-state index in [1.165, 1.54) is 38.5 Å². The SMILES string of the molecule is CC1OC(C23CC4CC(CC(C4)C2)C3)OC1C. The molecule has 0 aromatic carbocycles. The zero-order valence-electron chi connectivity index (χ0n) is 11.0. The Bertz CT molecular complexity index is 280. The van der Waals surface area contributed by atoms with E-state index >= 15 is 0 Å². The first-order chi connectivity index (χ1) is 8.14. The zero-order chi connectivity index (χ0) is 11.6. The van der Waals surface area contributed by atoms with Gasteiger partial charge in [0.15, 0.2) is 6.29 Å². The molecule has 96 valence electrons. The minimum atomic E-state index is 0.112. The Morgan fingerprint density at radius 1 is 0.765 bits per heavy atom. The molecule has 5 rings (SSSR count). The van der Waals surface area contributed by atoms with E-state index < -0.39 is 0 Å². The molecule has 4 saturated carbocycles. The van der Waals surface area contributed by atoms with Crippen molar-refractivity contribution < 1.29 is 9.47 Å². The lowest BCUT2D eigenvalue weighted by atomic mass is 9.49. The normalized spacial score (nSPS) is 61.1. The van der Waals surface area contributed by atoms with E-state index in [9.17, 15) is 0 Å². The molecule has 0 amide bonds. The van der Waals surface area contributed by atoms with Gasteiger partial charge in [0.25, 0.3) is 0 Å². The summed E-state index contributed by atoms with van der Waals surface area (Å²) in [5.74, 6) is 2.96. The summed E-state index contributed by atoms with van der Waals surface area (Å²) in [6.07, 6.45) is 9.31. The fourth-order valence-corrected chi connectivity index (χ4v) is 5.40. The average molecular weight is 236 g/mol. The third kappa shape index (κ3) is 1.53. The third-order valence-electron chi connectivity index (χ3n) is 5.92. The summed E-state index contributed by atoms with van der Waals surface area (Å²) in [6, 6.07) is 0. The molecule has 0 radical (unpaired) electrons. The second-order valence-corrected chi connectivity index (χ2v) is 7.29. The number of hydrogen-bond acceptors (Lipinski definition) is 2. The Morgan fingerprint density at radius 3 is 1.59 bits per heavy atom. The standard InChI is InChI=1S/C15H24O2/c1-9-10(2)17-14(16-9)15-6-11-3-12(7-15)5-13(4-11)8-15/h9-14H,3-8H2,1-2H3. The Hall–Kier alpha value is -0.0800. The van der Waals surface area contributed by atoms with Crippen LogP contribution in [0.2, 0.25) is 0 Å². The van der Waals surface area contributed by atoms with Crippen LogP contribution < -0.4 is 0 Å². The van der Waals surface area contributed by atoms with Crippen molar-refractivity contribution in [3.05, 3.63) is 0 Å². The van der Waals surface area contributed by atoms with Gasteiger partial charge >= 0.3 is 0 Å². The summed E-state index contributed by atoms with van der Waals surface area (Å²) < 4.78 is 12.3. The monoisotopic (exact) mass is 236 g/mol. The van der Waals surface area contributed by atoms with E-state index in [1.807, 2.05) is 0 Å². The van der Waals surface area contributed by atoms with Gasteiger partial charge in [-0.1, -0.05) is 0 Å². The molecule has 4 bridgehead atoms. The van der Waals surface area contributed by atoms with Crippen LogP contribution >= 0.6 is 0 Å². The molecule has 1 aliphatic heterocycles. The van der Waals surface area contributed by atoms with Gasteiger partial charge in [0.05, 0.1) is 12.2 Å². The van der Waals surface area contributed by atoms with Gasteiger partial charge < -0.3 is 9.47 Å². The van der Waals surface area contributed by atoms with Crippen molar-refractivity contribution in [1.82, 2.24) is 0 Å². The Kier molecular flexibility index (Phi) is 2.21. The number of rotatable bonds is 1. The molecule has 2 nitrogen and oxygen atoms in total. The van der Waals surface area contributed by atoms with Crippen molar-refractivity contribution in [3.8, 4) is 0 Å². The highest BCUT2D eigenvalue weighted by Gasteiger charge is 2.57. The molecular weight excluding hydrogens is 212 g/mol. The van der Waals surface area contributed by atoms with Crippen LogP contribution in [-0.2, 0) is 9.47 Å². The van der Waals surface area contributed by atoms with Gasteiger partial charge in [0, 0.05) is 5.41 Å². The Morgan fingerprint density at radius 2 is 1.18 bits per heavy atom. The largest absolute Gasteiger partial charge is 0.346 e. The van der Waals surface area contributed by atoms with Gasteiger partial charge in [0.2, 0.25) is 0 Å². The molecule has 0 spiro atoms. The van der Waals surface area contributed by atoms with Crippen LogP contribution in [0.25, 0.3) is 0 Å². The smallest absolute Gasteiger partial charge is 0.164 e. The summed E-state index contributed by atoms with van der Waals surface area (Å²) in [5.41, 5.74) is 0.397. The molecule has 2 unspecified atom stereocenters. The molecule has 5 aliphatic rings. The molecule has 1 saturated heterocycles. The third-order valence-corrected chi connectivity index (χ3v) is 5.92.